The third-order valence-electron chi connectivity index (χ3n) is 5.77. The van der Waals surface area contributed by atoms with Crippen molar-refractivity contribution in [3.63, 3.8) is 0 Å². The summed E-state index contributed by atoms with van der Waals surface area (Å²) in [4.78, 5) is 21.1. The molecule has 0 spiro atoms. The number of urea groups is 1. The minimum absolute atomic E-state index is 0.0712. The van der Waals surface area contributed by atoms with E-state index in [1.54, 1.807) is 23.1 Å². The molecule has 34 heavy (non-hydrogen) atoms. The molecule has 1 aromatic heterocycles. The van der Waals surface area contributed by atoms with Crippen molar-refractivity contribution in [2.45, 2.75) is 26.8 Å². The highest BCUT2D eigenvalue weighted by Crippen LogP contribution is 2.29. The molecule has 2 heterocycles. The Kier molecular flexibility index (Phi) is 7.28. The molecule has 0 atom stereocenters. The molecule has 0 unspecified atom stereocenters. The third-order valence-corrected chi connectivity index (χ3v) is 5.77. The van der Waals surface area contributed by atoms with Crippen LogP contribution in [-0.4, -0.2) is 58.5 Å². The average Bonchev–Trinajstić information content (AvgIpc) is 3.13. The highest BCUT2D eigenvalue weighted by atomic mass is 16.5. The molecule has 2 amide bonds. The third kappa shape index (κ3) is 5.46. The fourth-order valence-electron chi connectivity index (χ4n) is 3.99. The summed E-state index contributed by atoms with van der Waals surface area (Å²) < 4.78 is 7.63. The number of rotatable bonds is 6. The van der Waals surface area contributed by atoms with Crippen LogP contribution in [-0.2, 0) is 6.54 Å². The van der Waals surface area contributed by atoms with Gasteiger partial charge in [0.1, 0.15) is 23.6 Å². The summed E-state index contributed by atoms with van der Waals surface area (Å²) >= 11 is 0. The van der Waals surface area contributed by atoms with Crippen molar-refractivity contribution in [2.24, 2.45) is 0 Å². The number of anilines is 1. The van der Waals surface area contributed by atoms with Crippen molar-refractivity contribution in [1.82, 2.24) is 25.0 Å². The van der Waals surface area contributed by atoms with E-state index >= 15 is 0 Å². The van der Waals surface area contributed by atoms with Gasteiger partial charge in [-0.3, -0.25) is 0 Å². The van der Waals surface area contributed by atoms with Crippen LogP contribution in [0.5, 0.6) is 5.75 Å². The maximum atomic E-state index is 12.7. The number of benzene rings is 2. The molecule has 1 aliphatic heterocycles. The van der Waals surface area contributed by atoms with E-state index in [1.165, 1.54) is 0 Å². The normalized spacial score (nSPS) is 13.8. The van der Waals surface area contributed by atoms with E-state index in [0.29, 0.717) is 37.6 Å². The van der Waals surface area contributed by atoms with Crippen molar-refractivity contribution in [1.29, 1.82) is 5.26 Å². The van der Waals surface area contributed by atoms with E-state index in [0.717, 1.165) is 42.2 Å². The number of aromatic nitrogens is 3. The number of carbonyl (C=O) groups is 1. The minimum Gasteiger partial charge on any atom is -0.492 e. The van der Waals surface area contributed by atoms with Gasteiger partial charge in [-0.1, -0.05) is 12.1 Å². The zero-order chi connectivity index (χ0) is 23.9. The fraction of sp³-hybridized carbons (Fsp3) is 0.360. The molecule has 0 saturated carbocycles. The Labute approximate surface area is 199 Å². The van der Waals surface area contributed by atoms with Crippen LogP contribution in [0.15, 0.2) is 48.8 Å². The molecular formula is C25H29N7O2. The number of hydrogen-bond donors (Lipinski definition) is 1. The highest BCUT2D eigenvalue weighted by Gasteiger charge is 2.20. The molecule has 0 bridgehead atoms. The standard InChI is InChI=1S/C25H29N7O2/c1-3-34-24-15-22(9-10-23(24)32-18-28-19(2)29-32)30-11-4-12-31(14-13-30)25(33)27-17-21-7-5-20(16-26)6-8-21/h5-10,15,18H,3-4,11-14,17H2,1-2H3,(H,27,33). The van der Waals surface area contributed by atoms with Crippen LogP contribution in [0.4, 0.5) is 10.5 Å². The maximum Gasteiger partial charge on any atom is 0.317 e. The van der Waals surface area contributed by atoms with Gasteiger partial charge < -0.3 is 19.9 Å². The summed E-state index contributed by atoms with van der Waals surface area (Å²) in [6, 6.07) is 15.4. The zero-order valence-electron chi connectivity index (χ0n) is 19.6. The number of aryl methyl sites for hydroxylation is 1. The number of amides is 2. The number of nitrogens with one attached hydrogen (secondary N) is 1. The molecule has 1 N–H and O–H groups in total. The summed E-state index contributed by atoms with van der Waals surface area (Å²) in [5.41, 5.74) is 3.49. The number of nitrogens with zero attached hydrogens (tertiary/aromatic N) is 6. The average molecular weight is 460 g/mol. The lowest BCUT2D eigenvalue weighted by Crippen LogP contribution is -2.41. The lowest BCUT2D eigenvalue weighted by molar-refractivity contribution is 0.201. The van der Waals surface area contributed by atoms with Gasteiger partial charge in [-0.05, 0) is 50.1 Å². The van der Waals surface area contributed by atoms with Crippen LogP contribution < -0.4 is 15.0 Å². The molecule has 9 heteroatoms. The van der Waals surface area contributed by atoms with Crippen LogP contribution in [0.1, 0.15) is 30.3 Å². The van der Waals surface area contributed by atoms with Gasteiger partial charge in [0.05, 0.1) is 18.2 Å². The van der Waals surface area contributed by atoms with E-state index in [2.05, 4.69) is 32.4 Å². The number of nitriles is 1. The first-order valence-electron chi connectivity index (χ1n) is 11.5. The summed E-state index contributed by atoms with van der Waals surface area (Å²) in [6.45, 7) is 7.73. The first-order valence-corrected chi connectivity index (χ1v) is 11.5. The van der Waals surface area contributed by atoms with Crippen molar-refractivity contribution >= 4 is 11.7 Å². The Morgan fingerprint density at radius 3 is 2.68 bits per heavy atom. The SMILES string of the molecule is CCOc1cc(N2CCCN(C(=O)NCc3ccc(C#N)cc3)CC2)ccc1-n1cnc(C)n1. The molecule has 1 fully saturated rings. The van der Waals surface area contributed by atoms with Gasteiger partial charge >= 0.3 is 6.03 Å². The molecule has 1 saturated heterocycles. The largest absolute Gasteiger partial charge is 0.492 e. The Balaban J connectivity index is 1.38. The first kappa shape index (κ1) is 23.1. The van der Waals surface area contributed by atoms with Crippen molar-refractivity contribution in [3.8, 4) is 17.5 Å². The van der Waals surface area contributed by atoms with E-state index in [-0.39, 0.29) is 6.03 Å². The molecule has 1 aliphatic rings. The summed E-state index contributed by atoms with van der Waals surface area (Å²) in [7, 11) is 0. The predicted octanol–water partition coefficient (Wildman–Crippen LogP) is 3.27. The Bertz CT molecular complexity index is 1170. The van der Waals surface area contributed by atoms with Crippen molar-refractivity contribution < 1.29 is 9.53 Å². The zero-order valence-corrected chi connectivity index (χ0v) is 19.6. The first-order chi connectivity index (χ1) is 16.6. The van der Waals surface area contributed by atoms with E-state index in [1.807, 2.05) is 43.0 Å². The van der Waals surface area contributed by atoms with Crippen LogP contribution in [0, 0.1) is 18.3 Å². The van der Waals surface area contributed by atoms with Crippen molar-refractivity contribution in [2.75, 3.05) is 37.7 Å². The molecule has 0 aliphatic carbocycles. The van der Waals surface area contributed by atoms with E-state index in [9.17, 15) is 4.79 Å². The van der Waals surface area contributed by atoms with Crippen LogP contribution in [0.25, 0.3) is 5.69 Å². The molecule has 2 aromatic carbocycles. The van der Waals surface area contributed by atoms with Gasteiger partial charge in [-0.25, -0.2) is 14.5 Å². The maximum absolute atomic E-state index is 12.7. The molecule has 9 nitrogen and oxygen atoms in total. The highest BCUT2D eigenvalue weighted by molar-refractivity contribution is 5.74. The van der Waals surface area contributed by atoms with Crippen LogP contribution in [0.3, 0.4) is 0 Å². The van der Waals surface area contributed by atoms with Crippen LogP contribution in [0.2, 0.25) is 0 Å². The Hall–Kier alpha value is -4.06. The summed E-state index contributed by atoms with van der Waals surface area (Å²) in [6.07, 6.45) is 2.56. The second kappa shape index (κ2) is 10.7. The fourth-order valence-corrected chi connectivity index (χ4v) is 3.99. The molecule has 4 rings (SSSR count). The van der Waals surface area contributed by atoms with Crippen LogP contribution >= 0.6 is 0 Å². The quantitative estimate of drug-likeness (QED) is 0.607. The lowest BCUT2D eigenvalue weighted by Gasteiger charge is -2.25. The summed E-state index contributed by atoms with van der Waals surface area (Å²) in [5.74, 6) is 1.46. The second-order valence-corrected chi connectivity index (χ2v) is 8.12. The van der Waals surface area contributed by atoms with Gasteiger partial charge in [-0.2, -0.15) is 10.4 Å². The molecular weight excluding hydrogens is 430 g/mol. The second-order valence-electron chi connectivity index (χ2n) is 8.12. The number of carbonyl (C=O) groups excluding carboxylic acids is 1. The van der Waals surface area contributed by atoms with Crippen molar-refractivity contribution in [3.05, 3.63) is 65.7 Å². The van der Waals surface area contributed by atoms with E-state index in [4.69, 9.17) is 10.00 Å². The van der Waals surface area contributed by atoms with Gasteiger partial charge in [0.25, 0.3) is 0 Å². The van der Waals surface area contributed by atoms with Gasteiger partial charge in [-0.15, -0.1) is 0 Å². The van der Waals surface area contributed by atoms with Gasteiger partial charge in [0.15, 0.2) is 0 Å². The smallest absolute Gasteiger partial charge is 0.317 e. The van der Waals surface area contributed by atoms with Gasteiger partial charge in [0.2, 0.25) is 0 Å². The topological polar surface area (TPSA) is 99.3 Å². The number of ether oxygens (including phenoxy) is 1. The molecule has 176 valence electrons. The molecule has 3 aromatic rings. The lowest BCUT2D eigenvalue weighted by atomic mass is 10.1. The molecule has 0 radical (unpaired) electrons. The van der Waals surface area contributed by atoms with Gasteiger partial charge in [0, 0.05) is 44.5 Å². The summed E-state index contributed by atoms with van der Waals surface area (Å²) in [5, 5.41) is 16.3. The number of hydrogen-bond acceptors (Lipinski definition) is 6. The minimum atomic E-state index is -0.0712. The predicted molar refractivity (Wildman–Crippen MR) is 129 cm³/mol. The Morgan fingerprint density at radius 1 is 1.15 bits per heavy atom. The Morgan fingerprint density at radius 2 is 1.97 bits per heavy atom. The monoisotopic (exact) mass is 459 g/mol. The van der Waals surface area contributed by atoms with E-state index < -0.39 is 0 Å².